The summed E-state index contributed by atoms with van der Waals surface area (Å²) in [4.78, 5) is 12.2. The molecule has 3 aromatic rings. The van der Waals surface area contributed by atoms with Crippen molar-refractivity contribution in [2.45, 2.75) is 12.5 Å². The van der Waals surface area contributed by atoms with Crippen LogP contribution >= 0.6 is 22.6 Å². The smallest absolute Gasteiger partial charge is 0.312 e. The van der Waals surface area contributed by atoms with Gasteiger partial charge in [-0.1, -0.05) is 18.2 Å². The van der Waals surface area contributed by atoms with Gasteiger partial charge in [0.2, 0.25) is 6.79 Å². The zero-order valence-corrected chi connectivity index (χ0v) is 18.0. The van der Waals surface area contributed by atoms with E-state index in [0.29, 0.717) is 23.6 Å². The van der Waals surface area contributed by atoms with Crippen LogP contribution in [-0.2, 0) is 20.8 Å². The maximum Gasteiger partial charge on any atom is 0.312 e. The number of aliphatic hydroxyl groups excluding tert-OH is 1. The molecular weight excluding hydrogens is 508 g/mol. The van der Waals surface area contributed by atoms with Gasteiger partial charge in [0.25, 0.3) is 0 Å². The molecule has 1 atom stereocenters. The van der Waals surface area contributed by atoms with Crippen molar-refractivity contribution in [3.05, 3.63) is 57.3 Å². The molecule has 0 fully saturated rings. The van der Waals surface area contributed by atoms with Crippen molar-refractivity contribution in [2.24, 2.45) is 0 Å². The van der Waals surface area contributed by atoms with Gasteiger partial charge in [-0.3, -0.25) is 0 Å². The summed E-state index contributed by atoms with van der Waals surface area (Å²) in [5.41, 5.74) is 7.43. The van der Waals surface area contributed by atoms with Gasteiger partial charge in [-0.05, 0) is 34.2 Å². The van der Waals surface area contributed by atoms with Crippen molar-refractivity contribution in [3.8, 4) is 0 Å². The number of aromatic nitrogens is 4. The van der Waals surface area contributed by atoms with Crippen LogP contribution < -0.4 is 5.73 Å². The van der Waals surface area contributed by atoms with Crippen LogP contribution in [-0.4, -0.2) is 51.2 Å². The van der Waals surface area contributed by atoms with Crippen molar-refractivity contribution < 1.29 is 23.7 Å². The number of hydrogen-bond donors (Lipinski definition) is 2. The van der Waals surface area contributed by atoms with Gasteiger partial charge in [-0.15, -0.1) is 0 Å². The van der Waals surface area contributed by atoms with Crippen LogP contribution in [0.25, 0.3) is 11.2 Å². The van der Waals surface area contributed by atoms with E-state index >= 15 is 0 Å². The number of halogens is 2. The summed E-state index contributed by atoms with van der Waals surface area (Å²) in [5.74, 6) is 0.631. The first-order valence-electron chi connectivity index (χ1n) is 9.16. The molecule has 1 unspecified atom stereocenters. The van der Waals surface area contributed by atoms with E-state index in [1.807, 2.05) is 24.3 Å². The van der Waals surface area contributed by atoms with Gasteiger partial charge in [-0.25, -0.2) is 4.98 Å². The van der Waals surface area contributed by atoms with Crippen LogP contribution in [0.2, 0.25) is 0 Å². The maximum atomic E-state index is 14.0. The summed E-state index contributed by atoms with van der Waals surface area (Å²) >= 11 is 2.24. The molecule has 30 heavy (non-hydrogen) atoms. The van der Waals surface area contributed by atoms with Gasteiger partial charge in [0.1, 0.15) is 23.8 Å². The Morgan fingerprint density at radius 3 is 2.83 bits per heavy atom. The Hall–Kier alpha value is -2.51. The molecule has 0 bridgehead atoms. The molecule has 1 aliphatic heterocycles. The monoisotopic (exact) mass is 527 g/mol. The topological polar surface area (TPSA) is 118 Å². The first-order valence-corrected chi connectivity index (χ1v) is 10.2. The van der Waals surface area contributed by atoms with Crippen molar-refractivity contribution >= 4 is 39.6 Å². The number of aliphatic hydroxyl groups is 1. The highest BCUT2D eigenvalue weighted by Crippen LogP contribution is 2.37. The first-order chi connectivity index (χ1) is 14.6. The van der Waals surface area contributed by atoms with E-state index in [-0.39, 0.29) is 38.1 Å². The molecule has 2 aromatic heterocycles. The first kappa shape index (κ1) is 20.8. The minimum Gasteiger partial charge on any atom is -0.462 e. The highest BCUT2D eigenvalue weighted by atomic mass is 127. The minimum atomic E-state index is -0.936. The third-order valence-electron chi connectivity index (χ3n) is 4.57. The highest BCUT2D eigenvalue weighted by molar-refractivity contribution is 14.1. The van der Waals surface area contributed by atoms with Crippen molar-refractivity contribution in [2.75, 3.05) is 32.3 Å². The standard InChI is InChI=1S/C19H19FIN5O4/c20-19-24-16(22)15-18(25-19)26(5-7-28-8-6-27)17(23-15)14(13-9-29-10-30-13)11-3-1-2-4-12(11)21/h1-4,9,14,27H,5-8,10H2,(H2,22,24,25). The number of nitrogens with two attached hydrogens (primary N) is 1. The van der Waals surface area contributed by atoms with Gasteiger partial charge in [-0.2, -0.15) is 14.4 Å². The second kappa shape index (κ2) is 9.10. The Morgan fingerprint density at radius 2 is 2.10 bits per heavy atom. The quantitative estimate of drug-likeness (QED) is 0.260. The molecule has 0 amide bonds. The molecule has 0 aliphatic carbocycles. The summed E-state index contributed by atoms with van der Waals surface area (Å²) in [6.07, 6.45) is 0.615. The molecule has 1 aliphatic rings. The van der Waals surface area contributed by atoms with Crippen molar-refractivity contribution in [3.63, 3.8) is 0 Å². The molecule has 0 saturated carbocycles. The fraction of sp³-hybridized carbons (Fsp3) is 0.316. The Labute approximate surface area is 184 Å². The Kier molecular flexibility index (Phi) is 6.29. The second-order valence-corrected chi connectivity index (χ2v) is 7.57. The van der Waals surface area contributed by atoms with E-state index in [0.717, 1.165) is 9.13 Å². The predicted octanol–water partition coefficient (Wildman–Crippen LogP) is 2.14. The molecule has 3 heterocycles. The van der Waals surface area contributed by atoms with Crippen molar-refractivity contribution in [1.82, 2.24) is 19.5 Å². The predicted molar refractivity (Wildman–Crippen MR) is 114 cm³/mol. The maximum absolute atomic E-state index is 14.0. The number of allylic oxidation sites excluding steroid dienone is 1. The van der Waals surface area contributed by atoms with Gasteiger partial charge in [0.15, 0.2) is 17.0 Å². The lowest BCUT2D eigenvalue weighted by Crippen LogP contribution is -2.17. The van der Waals surface area contributed by atoms with Crippen LogP contribution in [0.1, 0.15) is 17.3 Å². The number of imidazole rings is 1. The van der Waals surface area contributed by atoms with E-state index in [9.17, 15) is 4.39 Å². The van der Waals surface area contributed by atoms with Gasteiger partial charge >= 0.3 is 6.08 Å². The van der Waals surface area contributed by atoms with Gasteiger partial charge in [0, 0.05) is 10.1 Å². The molecule has 0 spiro atoms. The summed E-state index contributed by atoms with van der Waals surface area (Å²) in [5, 5.41) is 8.96. The second-order valence-electron chi connectivity index (χ2n) is 6.41. The lowest BCUT2D eigenvalue weighted by atomic mass is 9.96. The van der Waals surface area contributed by atoms with Gasteiger partial charge < -0.3 is 29.6 Å². The van der Waals surface area contributed by atoms with E-state index < -0.39 is 12.0 Å². The summed E-state index contributed by atoms with van der Waals surface area (Å²) < 4.78 is 33.1. The number of ether oxygens (including phenoxy) is 3. The van der Waals surface area contributed by atoms with E-state index in [1.165, 1.54) is 0 Å². The Morgan fingerprint density at radius 1 is 1.27 bits per heavy atom. The number of benzene rings is 1. The largest absolute Gasteiger partial charge is 0.462 e. The molecule has 11 heteroatoms. The molecule has 4 rings (SSSR count). The Balaban J connectivity index is 1.89. The molecule has 9 nitrogen and oxygen atoms in total. The molecular formula is C19H19FIN5O4. The number of nitrogen functional groups attached to an aromatic ring is 1. The third-order valence-corrected chi connectivity index (χ3v) is 5.55. The summed E-state index contributed by atoms with van der Waals surface area (Å²) in [6, 6.07) is 7.81. The van der Waals surface area contributed by atoms with Crippen LogP contribution in [0.15, 0.2) is 36.3 Å². The number of rotatable bonds is 8. The van der Waals surface area contributed by atoms with Crippen LogP contribution in [0.4, 0.5) is 10.2 Å². The summed E-state index contributed by atoms with van der Waals surface area (Å²) in [6.45, 7) is 0.779. The average Bonchev–Trinajstić information content (AvgIpc) is 3.36. The lowest BCUT2D eigenvalue weighted by molar-refractivity contribution is 0.0757. The molecule has 0 saturated heterocycles. The fourth-order valence-corrected chi connectivity index (χ4v) is 4.01. The number of hydrogen-bond acceptors (Lipinski definition) is 8. The van der Waals surface area contributed by atoms with E-state index in [1.54, 1.807) is 10.8 Å². The van der Waals surface area contributed by atoms with Crippen LogP contribution in [0, 0.1) is 9.65 Å². The minimum absolute atomic E-state index is 0.0483. The highest BCUT2D eigenvalue weighted by Gasteiger charge is 2.32. The SMILES string of the molecule is Nc1nc(F)nc2c1nc(C(C1=COCO1)c1ccccc1I)n2CCOCCO. The average molecular weight is 527 g/mol. The van der Waals surface area contributed by atoms with Crippen LogP contribution in [0.5, 0.6) is 0 Å². The number of fused-ring (bicyclic) bond motifs is 1. The fourth-order valence-electron chi connectivity index (χ4n) is 3.31. The van der Waals surface area contributed by atoms with E-state index in [4.69, 9.17) is 25.1 Å². The van der Waals surface area contributed by atoms with E-state index in [2.05, 4.69) is 37.5 Å². The molecule has 3 N–H and O–H groups in total. The Bertz CT molecular complexity index is 1090. The lowest BCUT2D eigenvalue weighted by Gasteiger charge is -2.20. The van der Waals surface area contributed by atoms with Crippen LogP contribution in [0.3, 0.4) is 0 Å². The molecule has 1 aromatic carbocycles. The zero-order valence-electron chi connectivity index (χ0n) is 15.8. The van der Waals surface area contributed by atoms with Crippen molar-refractivity contribution in [1.29, 1.82) is 0 Å². The summed E-state index contributed by atoms with van der Waals surface area (Å²) in [7, 11) is 0. The number of anilines is 1. The third kappa shape index (κ3) is 4.04. The molecule has 158 valence electrons. The number of nitrogens with zero attached hydrogens (tertiary/aromatic N) is 4. The van der Waals surface area contributed by atoms with Gasteiger partial charge in [0.05, 0.1) is 19.8 Å². The zero-order chi connectivity index (χ0) is 21.1. The molecule has 0 radical (unpaired) electrons. The normalized spacial score (nSPS) is 14.4.